The van der Waals surface area contributed by atoms with Crippen molar-refractivity contribution in [2.45, 2.75) is 12.5 Å². The van der Waals surface area contributed by atoms with E-state index < -0.39 is 18.0 Å². The van der Waals surface area contributed by atoms with Crippen LogP contribution in [-0.2, 0) is 25.5 Å². The maximum atomic E-state index is 12.4. The highest BCUT2D eigenvalue weighted by molar-refractivity contribution is 5.89. The summed E-state index contributed by atoms with van der Waals surface area (Å²) in [4.78, 5) is 24.8. The van der Waals surface area contributed by atoms with Crippen LogP contribution < -0.4 is 14.2 Å². The zero-order valence-corrected chi connectivity index (χ0v) is 17.8. The minimum Gasteiger partial charge on any atom is -0.497 e. The topological polar surface area (TPSA) is 80.3 Å². The number of carbonyl (C=O) groups is 2. The number of esters is 2. The zero-order chi connectivity index (χ0) is 22.6. The Labute approximate surface area is 181 Å². The Morgan fingerprint density at radius 1 is 0.968 bits per heavy atom. The molecule has 0 aliphatic heterocycles. The van der Waals surface area contributed by atoms with Gasteiger partial charge in [-0.3, -0.25) is 0 Å². The molecular formula is C24H26O7. The van der Waals surface area contributed by atoms with Gasteiger partial charge in [-0.1, -0.05) is 30.9 Å². The molecule has 1 atom stereocenters. The van der Waals surface area contributed by atoms with E-state index >= 15 is 0 Å². The minimum atomic E-state index is -1.13. The van der Waals surface area contributed by atoms with Crippen LogP contribution in [0.4, 0.5) is 0 Å². The fourth-order valence-corrected chi connectivity index (χ4v) is 2.69. The summed E-state index contributed by atoms with van der Waals surface area (Å²) in [5.41, 5.74) is 1.49. The van der Waals surface area contributed by atoms with Crippen molar-refractivity contribution in [2.24, 2.45) is 0 Å². The van der Waals surface area contributed by atoms with Crippen LogP contribution in [0.15, 0.2) is 61.2 Å². The van der Waals surface area contributed by atoms with Crippen molar-refractivity contribution in [3.05, 3.63) is 72.3 Å². The van der Waals surface area contributed by atoms with Crippen molar-refractivity contribution < 1.29 is 33.3 Å². The van der Waals surface area contributed by atoms with Crippen molar-refractivity contribution >= 4 is 18.0 Å². The van der Waals surface area contributed by atoms with Gasteiger partial charge >= 0.3 is 11.9 Å². The molecule has 2 rings (SSSR count). The van der Waals surface area contributed by atoms with Crippen LogP contribution in [-0.4, -0.2) is 46.0 Å². The van der Waals surface area contributed by atoms with Gasteiger partial charge in [-0.25, -0.2) is 9.59 Å². The second-order valence-corrected chi connectivity index (χ2v) is 6.34. The molecule has 0 saturated heterocycles. The molecule has 0 radical (unpaired) electrons. The first-order valence-corrected chi connectivity index (χ1v) is 9.52. The van der Waals surface area contributed by atoms with Crippen molar-refractivity contribution in [1.29, 1.82) is 0 Å². The van der Waals surface area contributed by atoms with Crippen LogP contribution in [0.5, 0.6) is 17.2 Å². The van der Waals surface area contributed by atoms with Gasteiger partial charge in [0, 0.05) is 12.5 Å². The van der Waals surface area contributed by atoms with E-state index in [0.717, 1.165) is 5.56 Å². The number of ether oxygens (including phenoxy) is 5. The van der Waals surface area contributed by atoms with Crippen LogP contribution in [0.25, 0.3) is 6.08 Å². The summed E-state index contributed by atoms with van der Waals surface area (Å²) in [6.45, 7) is 3.53. The molecule has 31 heavy (non-hydrogen) atoms. The molecule has 1 unspecified atom stereocenters. The predicted molar refractivity (Wildman–Crippen MR) is 116 cm³/mol. The Morgan fingerprint density at radius 2 is 1.68 bits per heavy atom. The van der Waals surface area contributed by atoms with Gasteiger partial charge in [0.2, 0.25) is 6.10 Å². The van der Waals surface area contributed by atoms with Crippen LogP contribution in [0, 0.1) is 0 Å². The molecule has 0 aliphatic rings. The first-order valence-electron chi connectivity index (χ1n) is 9.52. The zero-order valence-electron chi connectivity index (χ0n) is 17.8. The van der Waals surface area contributed by atoms with Crippen LogP contribution in [0.1, 0.15) is 11.1 Å². The molecule has 0 spiro atoms. The molecule has 7 nitrogen and oxygen atoms in total. The van der Waals surface area contributed by atoms with E-state index in [-0.39, 0.29) is 13.0 Å². The molecular weight excluding hydrogens is 400 g/mol. The summed E-state index contributed by atoms with van der Waals surface area (Å²) >= 11 is 0. The van der Waals surface area contributed by atoms with Gasteiger partial charge in [0.15, 0.2) is 11.5 Å². The molecule has 0 fully saturated rings. The monoisotopic (exact) mass is 426 g/mol. The summed E-state index contributed by atoms with van der Waals surface area (Å²) < 4.78 is 26.1. The van der Waals surface area contributed by atoms with Gasteiger partial charge in [-0.05, 0) is 41.5 Å². The third kappa shape index (κ3) is 7.22. The van der Waals surface area contributed by atoms with Gasteiger partial charge < -0.3 is 23.7 Å². The largest absolute Gasteiger partial charge is 0.497 e. The number of hydrogen-bond acceptors (Lipinski definition) is 7. The quantitative estimate of drug-likeness (QED) is 0.308. The average Bonchev–Trinajstić information content (AvgIpc) is 2.80. The van der Waals surface area contributed by atoms with Crippen molar-refractivity contribution in [2.75, 3.05) is 27.9 Å². The van der Waals surface area contributed by atoms with E-state index in [1.165, 1.54) is 26.4 Å². The van der Waals surface area contributed by atoms with Gasteiger partial charge in [0.25, 0.3) is 0 Å². The molecule has 0 saturated carbocycles. The van der Waals surface area contributed by atoms with Crippen molar-refractivity contribution in [1.82, 2.24) is 0 Å². The van der Waals surface area contributed by atoms with E-state index in [9.17, 15) is 9.59 Å². The second kappa shape index (κ2) is 12.1. The highest BCUT2D eigenvalue weighted by Crippen LogP contribution is 2.28. The molecule has 0 aromatic heterocycles. The molecule has 7 heteroatoms. The first-order chi connectivity index (χ1) is 15.0. The first kappa shape index (κ1) is 23.5. The van der Waals surface area contributed by atoms with Crippen LogP contribution >= 0.6 is 0 Å². The molecule has 2 aromatic rings. The van der Waals surface area contributed by atoms with Crippen LogP contribution in [0.3, 0.4) is 0 Å². The van der Waals surface area contributed by atoms with E-state index in [1.54, 1.807) is 55.7 Å². The summed E-state index contributed by atoms with van der Waals surface area (Å²) in [7, 11) is 4.62. The van der Waals surface area contributed by atoms with Gasteiger partial charge in [0.1, 0.15) is 12.4 Å². The minimum absolute atomic E-state index is 0.0144. The van der Waals surface area contributed by atoms with E-state index in [1.807, 2.05) is 0 Å². The lowest BCUT2D eigenvalue weighted by Gasteiger charge is -2.17. The lowest BCUT2D eigenvalue weighted by atomic mass is 10.1. The number of hydrogen-bond donors (Lipinski definition) is 0. The standard InChI is InChI=1S/C24H26O7/c1-5-14-30-24(26)22(16-18-8-12-20(28-3)21(15-18)29-4)31-23(25)13-9-17-6-10-19(27-2)11-7-17/h5-13,15,22H,1,14,16H2,2-4H3/b13-9+. The van der Waals surface area contributed by atoms with Gasteiger partial charge in [0.05, 0.1) is 21.3 Å². The molecule has 164 valence electrons. The van der Waals surface area contributed by atoms with Gasteiger partial charge in [-0.2, -0.15) is 0 Å². The highest BCUT2D eigenvalue weighted by atomic mass is 16.6. The highest BCUT2D eigenvalue weighted by Gasteiger charge is 2.24. The fraction of sp³-hybridized carbons (Fsp3) is 0.250. The van der Waals surface area contributed by atoms with Crippen LogP contribution in [0.2, 0.25) is 0 Å². The fourth-order valence-electron chi connectivity index (χ4n) is 2.69. The normalized spacial score (nSPS) is 11.5. The van der Waals surface area contributed by atoms with Gasteiger partial charge in [-0.15, -0.1) is 0 Å². The third-order valence-electron chi connectivity index (χ3n) is 4.26. The Morgan fingerprint density at radius 3 is 2.29 bits per heavy atom. The SMILES string of the molecule is C=CCOC(=O)C(Cc1ccc(OC)c(OC)c1)OC(=O)/C=C/c1ccc(OC)cc1. The Kier molecular flexibility index (Phi) is 9.16. The molecule has 0 heterocycles. The second-order valence-electron chi connectivity index (χ2n) is 6.34. The molecule has 0 aliphatic carbocycles. The molecule has 0 N–H and O–H groups in total. The molecule has 0 amide bonds. The summed E-state index contributed by atoms with van der Waals surface area (Å²) in [5, 5.41) is 0. The smallest absolute Gasteiger partial charge is 0.348 e. The number of benzene rings is 2. The summed E-state index contributed by atoms with van der Waals surface area (Å²) in [5.74, 6) is 0.429. The predicted octanol–water partition coefficient (Wildman–Crippen LogP) is 3.61. The maximum absolute atomic E-state index is 12.4. The van der Waals surface area contributed by atoms with Crippen molar-refractivity contribution in [3.63, 3.8) is 0 Å². The number of rotatable bonds is 11. The van der Waals surface area contributed by atoms with E-state index in [2.05, 4.69) is 6.58 Å². The summed E-state index contributed by atoms with van der Waals surface area (Å²) in [6.07, 6.45) is 3.26. The summed E-state index contributed by atoms with van der Waals surface area (Å²) in [6, 6.07) is 12.3. The number of carbonyl (C=O) groups excluding carboxylic acids is 2. The Hall–Kier alpha value is -3.74. The van der Waals surface area contributed by atoms with Crippen molar-refractivity contribution in [3.8, 4) is 17.2 Å². The third-order valence-corrected chi connectivity index (χ3v) is 4.26. The lowest BCUT2D eigenvalue weighted by Crippen LogP contribution is -2.31. The number of methoxy groups -OCH3 is 3. The molecule has 2 aromatic carbocycles. The Balaban J connectivity index is 2.13. The Bertz CT molecular complexity index is 916. The molecule has 0 bridgehead atoms. The van der Waals surface area contributed by atoms with E-state index in [4.69, 9.17) is 23.7 Å². The lowest BCUT2D eigenvalue weighted by molar-refractivity contribution is -0.164. The maximum Gasteiger partial charge on any atom is 0.348 e. The van der Waals surface area contributed by atoms with E-state index in [0.29, 0.717) is 22.8 Å². The average molecular weight is 426 g/mol.